The lowest BCUT2D eigenvalue weighted by atomic mass is 10.2. The molecule has 28 heavy (non-hydrogen) atoms. The minimum Gasteiger partial charge on any atom is -0.487 e. The van der Waals surface area contributed by atoms with E-state index in [0.29, 0.717) is 25.2 Å². The SMILES string of the molecule is C#CCN1C(=O)S/C(=C/c2cc(Br)c(OCc3ccc(F)cc3)c(Br)c2)C1=O. The van der Waals surface area contributed by atoms with Crippen LogP contribution >= 0.6 is 43.6 Å². The van der Waals surface area contributed by atoms with Gasteiger partial charge in [-0.15, -0.1) is 6.42 Å². The number of ether oxygens (including phenoxy) is 1. The van der Waals surface area contributed by atoms with E-state index < -0.39 is 5.91 Å². The summed E-state index contributed by atoms with van der Waals surface area (Å²) in [5.41, 5.74) is 1.53. The van der Waals surface area contributed by atoms with E-state index in [1.807, 2.05) is 0 Å². The van der Waals surface area contributed by atoms with E-state index in [-0.39, 0.29) is 24.2 Å². The third-order valence-corrected chi connectivity index (χ3v) is 5.82. The van der Waals surface area contributed by atoms with Crippen molar-refractivity contribution in [2.75, 3.05) is 6.54 Å². The number of nitrogens with zero attached hydrogens (tertiary/aromatic N) is 1. The first kappa shape index (κ1) is 20.6. The molecule has 0 unspecified atom stereocenters. The molecule has 3 rings (SSSR count). The largest absolute Gasteiger partial charge is 0.487 e. The molecule has 2 aromatic carbocycles. The Morgan fingerprint density at radius 3 is 2.43 bits per heavy atom. The van der Waals surface area contributed by atoms with Gasteiger partial charge in [0, 0.05) is 0 Å². The molecule has 1 heterocycles. The molecule has 0 spiro atoms. The molecule has 0 aromatic heterocycles. The Morgan fingerprint density at radius 2 is 1.82 bits per heavy atom. The third kappa shape index (κ3) is 4.66. The molecule has 4 nitrogen and oxygen atoms in total. The van der Waals surface area contributed by atoms with Crippen molar-refractivity contribution in [3.8, 4) is 18.1 Å². The van der Waals surface area contributed by atoms with Gasteiger partial charge in [0.25, 0.3) is 11.1 Å². The normalized spacial score (nSPS) is 15.2. The number of carbonyl (C=O) groups excluding carboxylic acids is 2. The van der Waals surface area contributed by atoms with Crippen molar-refractivity contribution in [1.82, 2.24) is 4.90 Å². The van der Waals surface area contributed by atoms with Gasteiger partial charge in [0.05, 0.1) is 20.4 Å². The van der Waals surface area contributed by atoms with E-state index in [2.05, 4.69) is 37.8 Å². The highest BCUT2D eigenvalue weighted by Crippen LogP contribution is 2.38. The minimum atomic E-state index is -0.406. The Bertz CT molecular complexity index is 992. The van der Waals surface area contributed by atoms with Crippen molar-refractivity contribution in [1.29, 1.82) is 0 Å². The Kier molecular flexibility index (Phi) is 6.60. The Balaban J connectivity index is 1.78. The first-order valence-electron chi connectivity index (χ1n) is 7.94. The number of rotatable bonds is 5. The number of halogens is 3. The topological polar surface area (TPSA) is 46.6 Å². The standard InChI is InChI=1S/C20H12Br2FNO3S/c1-2-7-24-19(25)17(28-20(24)26)10-13-8-15(21)18(16(22)9-13)27-11-12-3-5-14(23)6-4-12/h1,3-6,8-10H,7,11H2/b17-10+. The Morgan fingerprint density at radius 1 is 1.18 bits per heavy atom. The van der Waals surface area contributed by atoms with Gasteiger partial charge in [-0.3, -0.25) is 14.5 Å². The number of hydrogen-bond acceptors (Lipinski definition) is 4. The van der Waals surface area contributed by atoms with E-state index in [9.17, 15) is 14.0 Å². The van der Waals surface area contributed by atoms with Crippen LogP contribution in [0.5, 0.6) is 5.75 Å². The van der Waals surface area contributed by atoms with Gasteiger partial charge >= 0.3 is 0 Å². The van der Waals surface area contributed by atoms with Crippen LogP contribution in [0.1, 0.15) is 11.1 Å². The molecule has 1 aliphatic rings. The summed E-state index contributed by atoms with van der Waals surface area (Å²) >= 11 is 7.76. The first-order chi connectivity index (χ1) is 13.4. The summed E-state index contributed by atoms with van der Waals surface area (Å²) in [6.45, 7) is 0.216. The first-order valence-corrected chi connectivity index (χ1v) is 10.3. The van der Waals surface area contributed by atoms with Crippen LogP contribution < -0.4 is 4.74 Å². The summed E-state index contributed by atoms with van der Waals surface area (Å²) in [5, 5.41) is -0.383. The van der Waals surface area contributed by atoms with Crippen LogP contribution in [-0.2, 0) is 11.4 Å². The summed E-state index contributed by atoms with van der Waals surface area (Å²) < 4.78 is 20.1. The second-order valence-corrected chi connectivity index (χ2v) is 8.40. The van der Waals surface area contributed by atoms with Crippen molar-refractivity contribution in [2.45, 2.75) is 6.61 Å². The van der Waals surface area contributed by atoms with Gasteiger partial charge in [-0.25, -0.2) is 4.39 Å². The summed E-state index contributed by atoms with van der Waals surface area (Å²) in [5.74, 6) is 2.16. The van der Waals surface area contributed by atoms with Crippen LogP contribution in [0.4, 0.5) is 9.18 Å². The average Bonchev–Trinajstić information content (AvgIpc) is 2.90. The van der Waals surface area contributed by atoms with Crippen molar-refractivity contribution in [2.24, 2.45) is 0 Å². The molecular formula is C20H12Br2FNO3S. The summed E-state index contributed by atoms with van der Waals surface area (Å²) in [4.78, 5) is 25.5. The van der Waals surface area contributed by atoms with E-state index in [1.165, 1.54) is 12.1 Å². The predicted octanol–water partition coefficient (Wildman–Crippen LogP) is 5.60. The van der Waals surface area contributed by atoms with Crippen LogP contribution in [0.3, 0.4) is 0 Å². The van der Waals surface area contributed by atoms with Gasteiger partial charge in [-0.05, 0) is 85.1 Å². The van der Waals surface area contributed by atoms with Gasteiger partial charge < -0.3 is 4.74 Å². The highest BCUT2D eigenvalue weighted by molar-refractivity contribution is 9.11. The fraction of sp³-hybridized carbons (Fsp3) is 0.100. The molecule has 1 saturated heterocycles. The Hall–Kier alpha value is -2.08. The molecule has 0 bridgehead atoms. The molecule has 2 amide bonds. The highest BCUT2D eigenvalue weighted by atomic mass is 79.9. The molecule has 0 radical (unpaired) electrons. The molecule has 142 valence electrons. The minimum absolute atomic E-state index is 0.0500. The van der Waals surface area contributed by atoms with Crippen LogP contribution in [0.25, 0.3) is 6.08 Å². The van der Waals surface area contributed by atoms with Gasteiger partial charge in [-0.2, -0.15) is 0 Å². The Labute approximate surface area is 182 Å². The van der Waals surface area contributed by atoms with Crippen LogP contribution in [0, 0.1) is 18.2 Å². The molecule has 1 aliphatic heterocycles. The number of benzene rings is 2. The number of amides is 2. The molecule has 1 fully saturated rings. The molecule has 0 aliphatic carbocycles. The molecule has 8 heteroatoms. The lowest BCUT2D eigenvalue weighted by Crippen LogP contribution is -2.28. The fourth-order valence-corrected chi connectivity index (χ4v) is 4.70. The summed E-state index contributed by atoms with van der Waals surface area (Å²) in [6.07, 6.45) is 6.82. The van der Waals surface area contributed by atoms with Crippen LogP contribution in [0.15, 0.2) is 50.2 Å². The van der Waals surface area contributed by atoms with Crippen molar-refractivity contribution in [3.63, 3.8) is 0 Å². The zero-order valence-electron chi connectivity index (χ0n) is 14.2. The second-order valence-electron chi connectivity index (χ2n) is 5.70. The van der Waals surface area contributed by atoms with Crippen molar-refractivity contribution >= 4 is 60.8 Å². The number of imide groups is 1. The van der Waals surface area contributed by atoms with E-state index in [1.54, 1.807) is 30.3 Å². The summed E-state index contributed by atoms with van der Waals surface area (Å²) in [6, 6.07) is 9.60. The predicted molar refractivity (Wildman–Crippen MR) is 114 cm³/mol. The number of hydrogen-bond donors (Lipinski definition) is 0. The number of thioether (sulfide) groups is 1. The third-order valence-electron chi connectivity index (χ3n) is 3.74. The van der Waals surface area contributed by atoms with Gasteiger partial charge in [0.2, 0.25) is 0 Å². The van der Waals surface area contributed by atoms with Gasteiger partial charge in [-0.1, -0.05) is 18.1 Å². The fourth-order valence-electron chi connectivity index (χ4n) is 2.42. The monoisotopic (exact) mass is 523 g/mol. The maximum atomic E-state index is 13.0. The molecular weight excluding hydrogens is 513 g/mol. The lowest BCUT2D eigenvalue weighted by molar-refractivity contribution is -0.122. The van der Waals surface area contributed by atoms with Gasteiger partial charge in [0.15, 0.2) is 0 Å². The second kappa shape index (κ2) is 8.95. The molecule has 0 atom stereocenters. The zero-order valence-corrected chi connectivity index (χ0v) is 18.2. The van der Waals surface area contributed by atoms with Crippen molar-refractivity contribution in [3.05, 3.63) is 67.2 Å². The van der Waals surface area contributed by atoms with Crippen LogP contribution in [0.2, 0.25) is 0 Å². The quantitative estimate of drug-likeness (QED) is 0.377. The molecule has 0 saturated carbocycles. The maximum absolute atomic E-state index is 13.0. The lowest BCUT2D eigenvalue weighted by Gasteiger charge is -2.12. The van der Waals surface area contributed by atoms with E-state index in [0.717, 1.165) is 22.2 Å². The number of terminal acetylenes is 1. The van der Waals surface area contributed by atoms with Gasteiger partial charge in [0.1, 0.15) is 18.2 Å². The highest BCUT2D eigenvalue weighted by Gasteiger charge is 2.34. The smallest absolute Gasteiger partial charge is 0.294 e. The van der Waals surface area contributed by atoms with Crippen molar-refractivity contribution < 1.29 is 18.7 Å². The number of carbonyl (C=O) groups is 2. The molecule has 2 aromatic rings. The van der Waals surface area contributed by atoms with E-state index >= 15 is 0 Å². The average molecular weight is 525 g/mol. The molecule has 0 N–H and O–H groups in total. The van der Waals surface area contributed by atoms with Crippen LogP contribution in [-0.4, -0.2) is 22.6 Å². The zero-order chi connectivity index (χ0) is 20.3. The van der Waals surface area contributed by atoms with E-state index in [4.69, 9.17) is 11.2 Å². The summed E-state index contributed by atoms with van der Waals surface area (Å²) in [7, 11) is 0. The maximum Gasteiger partial charge on any atom is 0.294 e.